The molecule has 0 bridgehead atoms. The number of benzene rings is 2. The van der Waals surface area contributed by atoms with Crippen molar-refractivity contribution in [1.82, 2.24) is 0 Å². The van der Waals surface area contributed by atoms with Crippen LogP contribution in [0.2, 0.25) is 0 Å². The minimum Gasteiger partial charge on any atom is -0.507 e. The number of aryl methyl sites for hydroxylation is 2. The third kappa shape index (κ3) is 4.93. The van der Waals surface area contributed by atoms with Crippen molar-refractivity contribution in [2.24, 2.45) is 0 Å². The second-order valence-electron chi connectivity index (χ2n) is 7.63. The van der Waals surface area contributed by atoms with Gasteiger partial charge in [0.15, 0.2) is 6.61 Å². The van der Waals surface area contributed by atoms with E-state index in [9.17, 15) is 14.7 Å². The maximum atomic E-state index is 12.5. The van der Waals surface area contributed by atoms with E-state index in [-0.39, 0.29) is 18.3 Å². The topological polar surface area (TPSA) is 82.1 Å². The lowest BCUT2D eigenvalue weighted by molar-refractivity contribution is -0.146. The number of unbranched alkanes of at least 4 members (excludes halogenated alkanes) is 3. The molecule has 0 radical (unpaired) electrons. The molecule has 6 nitrogen and oxygen atoms in total. The molecule has 2 aromatic rings. The van der Waals surface area contributed by atoms with Crippen LogP contribution in [0, 0.1) is 13.8 Å². The molecule has 0 aliphatic carbocycles. The fourth-order valence-electron chi connectivity index (χ4n) is 3.60. The van der Waals surface area contributed by atoms with E-state index in [0.717, 1.165) is 31.2 Å². The molecule has 1 aliphatic heterocycles. The van der Waals surface area contributed by atoms with Gasteiger partial charge >= 0.3 is 11.9 Å². The molecule has 0 spiro atoms. The van der Waals surface area contributed by atoms with E-state index in [4.69, 9.17) is 14.2 Å². The quantitative estimate of drug-likeness (QED) is 0.369. The summed E-state index contributed by atoms with van der Waals surface area (Å²) in [5, 5.41) is 10.0. The molecule has 160 valence electrons. The highest BCUT2D eigenvalue weighted by molar-refractivity contribution is 5.90. The summed E-state index contributed by atoms with van der Waals surface area (Å²) in [4.78, 5) is 24.4. The summed E-state index contributed by atoms with van der Waals surface area (Å²) in [6.45, 7) is 5.92. The number of carbonyl (C=O) groups is 2. The van der Waals surface area contributed by atoms with Gasteiger partial charge in [-0.25, -0.2) is 4.79 Å². The number of aromatic hydroxyl groups is 1. The van der Waals surface area contributed by atoms with Crippen LogP contribution in [0.5, 0.6) is 17.2 Å². The van der Waals surface area contributed by atoms with Crippen molar-refractivity contribution in [3.8, 4) is 17.2 Å². The van der Waals surface area contributed by atoms with Crippen LogP contribution in [0.15, 0.2) is 30.3 Å². The Labute approximate surface area is 176 Å². The summed E-state index contributed by atoms with van der Waals surface area (Å²) in [7, 11) is 0. The van der Waals surface area contributed by atoms with Gasteiger partial charge in [0.25, 0.3) is 0 Å². The average molecular weight is 412 g/mol. The van der Waals surface area contributed by atoms with Crippen molar-refractivity contribution >= 4 is 11.9 Å². The van der Waals surface area contributed by atoms with Crippen LogP contribution in [0.25, 0.3) is 0 Å². The number of ether oxygens (including phenoxy) is 3. The Hall–Kier alpha value is -3.02. The predicted molar refractivity (Wildman–Crippen MR) is 112 cm³/mol. The molecule has 30 heavy (non-hydrogen) atoms. The van der Waals surface area contributed by atoms with Gasteiger partial charge in [0.1, 0.15) is 23.2 Å². The lowest BCUT2D eigenvalue weighted by atomic mass is 9.90. The van der Waals surface area contributed by atoms with E-state index in [1.165, 1.54) is 0 Å². The second-order valence-corrected chi connectivity index (χ2v) is 7.63. The minimum atomic E-state index is -0.605. The van der Waals surface area contributed by atoms with Gasteiger partial charge in [0.05, 0.1) is 6.61 Å². The zero-order valence-corrected chi connectivity index (χ0v) is 17.7. The Morgan fingerprint density at radius 2 is 1.83 bits per heavy atom. The van der Waals surface area contributed by atoms with Crippen molar-refractivity contribution in [2.45, 2.75) is 52.4 Å². The molecule has 3 rings (SSSR count). The van der Waals surface area contributed by atoms with Gasteiger partial charge in [-0.2, -0.15) is 0 Å². The smallest absolute Gasteiger partial charge is 0.344 e. The number of phenolic OH excluding ortho intramolecular Hbond substituents is 1. The van der Waals surface area contributed by atoms with E-state index in [2.05, 4.69) is 6.92 Å². The van der Waals surface area contributed by atoms with Gasteiger partial charge in [-0.15, -0.1) is 0 Å². The Morgan fingerprint density at radius 1 is 1.10 bits per heavy atom. The fourth-order valence-corrected chi connectivity index (χ4v) is 3.60. The SMILES string of the molecule is CCCCCCOC(=O)COc1ccc2c(c1)C(c1cc(C)c(O)c(C)c1)C(=O)O2. The van der Waals surface area contributed by atoms with Crippen molar-refractivity contribution in [2.75, 3.05) is 13.2 Å². The first kappa shape index (κ1) is 21.7. The van der Waals surface area contributed by atoms with Gasteiger partial charge in [0, 0.05) is 5.56 Å². The molecule has 1 heterocycles. The number of carbonyl (C=O) groups excluding carboxylic acids is 2. The molecular weight excluding hydrogens is 384 g/mol. The van der Waals surface area contributed by atoms with Crippen LogP contribution >= 0.6 is 0 Å². The maximum Gasteiger partial charge on any atom is 0.344 e. The summed E-state index contributed by atoms with van der Waals surface area (Å²) >= 11 is 0. The van der Waals surface area contributed by atoms with Gasteiger partial charge < -0.3 is 19.3 Å². The molecule has 0 aromatic heterocycles. The number of hydrogen-bond acceptors (Lipinski definition) is 6. The van der Waals surface area contributed by atoms with Gasteiger partial charge in [-0.1, -0.05) is 38.3 Å². The first-order chi connectivity index (χ1) is 14.4. The van der Waals surface area contributed by atoms with Crippen molar-refractivity contribution in [3.63, 3.8) is 0 Å². The van der Waals surface area contributed by atoms with Gasteiger partial charge in [0.2, 0.25) is 0 Å². The standard InChI is InChI=1S/C24H28O6/c1-4-5-6-7-10-28-21(25)14-29-18-8-9-20-19(13-18)22(24(27)30-20)17-11-15(2)23(26)16(3)12-17/h8-9,11-13,22,26H,4-7,10,14H2,1-3H3. The third-order valence-electron chi connectivity index (χ3n) is 5.20. The second kappa shape index (κ2) is 9.65. The fraction of sp³-hybridized carbons (Fsp3) is 0.417. The van der Waals surface area contributed by atoms with Crippen molar-refractivity contribution < 1.29 is 28.9 Å². The highest BCUT2D eigenvalue weighted by atomic mass is 16.6. The van der Waals surface area contributed by atoms with Crippen molar-refractivity contribution in [3.05, 3.63) is 52.6 Å². The highest BCUT2D eigenvalue weighted by Gasteiger charge is 2.35. The highest BCUT2D eigenvalue weighted by Crippen LogP contribution is 2.42. The van der Waals surface area contributed by atoms with Crippen LogP contribution in [0.1, 0.15) is 60.8 Å². The molecule has 0 amide bonds. The third-order valence-corrected chi connectivity index (χ3v) is 5.20. The van der Waals surface area contributed by atoms with Crippen LogP contribution in [0.3, 0.4) is 0 Å². The van der Waals surface area contributed by atoms with Crippen LogP contribution in [0.4, 0.5) is 0 Å². The molecule has 1 N–H and O–H groups in total. The van der Waals surface area contributed by atoms with E-state index in [1.807, 2.05) is 0 Å². The number of rotatable bonds is 9. The monoisotopic (exact) mass is 412 g/mol. The van der Waals surface area contributed by atoms with Crippen molar-refractivity contribution in [1.29, 1.82) is 0 Å². The first-order valence-electron chi connectivity index (χ1n) is 10.3. The van der Waals surface area contributed by atoms with Gasteiger partial charge in [-0.05, 0) is 55.2 Å². The largest absolute Gasteiger partial charge is 0.507 e. The number of phenols is 1. The summed E-state index contributed by atoms with van der Waals surface area (Å²) in [5.41, 5.74) is 2.81. The summed E-state index contributed by atoms with van der Waals surface area (Å²) < 4.78 is 16.2. The molecule has 6 heteroatoms. The zero-order valence-electron chi connectivity index (χ0n) is 17.7. The van der Waals surface area contributed by atoms with Gasteiger partial charge in [-0.3, -0.25) is 4.79 Å². The normalized spacial score (nSPS) is 14.9. The first-order valence-corrected chi connectivity index (χ1v) is 10.3. The summed E-state index contributed by atoms with van der Waals surface area (Å²) in [6, 6.07) is 8.62. The van der Waals surface area contributed by atoms with E-state index >= 15 is 0 Å². The molecule has 1 unspecified atom stereocenters. The summed E-state index contributed by atoms with van der Waals surface area (Å²) in [6.07, 6.45) is 4.16. The van der Waals surface area contributed by atoms with Crippen LogP contribution in [-0.2, 0) is 14.3 Å². The van der Waals surface area contributed by atoms with Crippen LogP contribution < -0.4 is 9.47 Å². The Kier molecular flexibility index (Phi) is 6.98. The minimum absolute atomic E-state index is 0.191. The Balaban J connectivity index is 1.68. The van der Waals surface area contributed by atoms with Crippen LogP contribution in [-0.4, -0.2) is 30.3 Å². The van der Waals surface area contributed by atoms with E-state index in [0.29, 0.717) is 34.8 Å². The lowest BCUT2D eigenvalue weighted by Crippen LogP contribution is -2.15. The average Bonchev–Trinajstić information content (AvgIpc) is 3.05. The summed E-state index contributed by atoms with van der Waals surface area (Å²) in [5.74, 6) is -0.243. The number of esters is 2. The zero-order chi connectivity index (χ0) is 21.7. The lowest BCUT2D eigenvalue weighted by Gasteiger charge is -2.13. The number of hydrogen-bond donors (Lipinski definition) is 1. The molecule has 1 atom stereocenters. The van der Waals surface area contributed by atoms with E-state index < -0.39 is 11.9 Å². The predicted octanol–water partition coefficient (Wildman–Crippen LogP) is 4.56. The Morgan fingerprint density at radius 3 is 2.53 bits per heavy atom. The molecule has 2 aromatic carbocycles. The molecule has 0 saturated carbocycles. The molecule has 1 aliphatic rings. The molecule has 0 fully saturated rings. The van der Waals surface area contributed by atoms with E-state index in [1.54, 1.807) is 44.2 Å². The molecular formula is C24H28O6. The Bertz CT molecular complexity index is 910. The maximum absolute atomic E-state index is 12.5. The number of fused-ring (bicyclic) bond motifs is 1. The molecule has 0 saturated heterocycles.